The Morgan fingerprint density at radius 3 is 2.22 bits per heavy atom. The maximum atomic E-state index is 12.5. The number of carboxylic acid groups (broad SMARTS) is 2. The third-order valence-electron chi connectivity index (χ3n) is 11.2. The first kappa shape index (κ1) is 49.6. The average Bonchev–Trinajstić information content (AvgIpc) is 3.63. The number of aliphatic carboxylic acids is 1. The van der Waals surface area contributed by atoms with E-state index in [1.807, 2.05) is 0 Å². The standard InChI is InChI=1S/C45H49N5O16S/c51-24-7-10-28-32(16-24)65-33-17-25(52)8-11-29(33)39(28)27-9-6-23(15-30(27)43(62)63)50-45(67)49-21-37(56)48-20-36(55)47-19-35(54)46-18-34-40(59)41(60)42(61)44(66-34)64-13-3-1-2-4-26-22(14-38(57)58)5-12-31(26)53/h1-2,6-11,15-17,22,26,34,40-42,44,51,59-61H,3-5,12-14,18-21H2,(H,46,54)(H,47,55)(H,48,56)(H,57,58)(H,62,63)(H2,49,50,67)/b2-1-/t22-,26-,34+,40-,41-,42+,44+/m0/s1. The van der Waals surface area contributed by atoms with Gasteiger partial charge in [0, 0.05) is 59.6 Å². The number of carboxylic acids is 2. The first-order chi connectivity index (χ1) is 32.0. The van der Waals surface area contributed by atoms with Crippen LogP contribution >= 0.6 is 12.2 Å². The van der Waals surface area contributed by atoms with Crippen LogP contribution in [0.3, 0.4) is 0 Å². The van der Waals surface area contributed by atoms with Gasteiger partial charge in [-0.2, -0.15) is 0 Å². The fraction of sp³-hybridized carbons (Fsp3) is 0.378. The van der Waals surface area contributed by atoms with Gasteiger partial charge in [0.15, 0.2) is 16.8 Å². The van der Waals surface area contributed by atoms with Crippen molar-refractivity contribution in [2.75, 3.05) is 38.1 Å². The molecule has 67 heavy (non-hydrogen) atoms. The Morgan fingerprint density at radius 2 is 1.51 bits per heavy atom. The molecule has 21 nitrogen and oxygen atoms in total. The summed E-state index contributed by atoms with van der Waals surface area (Å²) in [7, 11) is 0. The van der Waals surface area contributed by atoms with E-state index in [1.165, 1.54) is 42.5 Å². The number of aliphatic hydroxyl groups is 3. The highest BCUT2D eigenvalue weighted by Crippen LogP contribution is 2.42. The highest BCUT2D eigenvalue weighted by Gasteiger charge is 2.44. The number of ether oxygens (including phenoxy) is 2. The minimum absolute atomic E-state index is 0.0227. The second-order valence-corrected chi connectivity index (χ2v) is 16.3. The fourth-order valence-corrected chi connectivity index (χ4v) is 8.06. The zero-order chi connectivity index (χ0) is 48.4. The molecule has 2 aromatic carbocycles. The number of phenolic OH excluding ortho intramolecular Hbond substituents is 1. The molecular formula is C45H49N5O16S. The molecule has 2 heterocycles. The predicted molar refractivity (Wildman–Crippen MR) is 241 cm³/mol. The van der Waals surface area contributed by atoms with E-state index in [0.29, 0.717) is 42.2 Å². The van der Waals surface area contributed by atoms with Crippen LogP contribution in [0.4, 0.5) is 5.69 Å². The summed E-state index contributed by atoms with van der Waals surface area (Å²) in [5, 5.41) is 73.6. The lowest BCUT2D eigenvalue weighted by molar-refractivity contribution is -0.294. The number of fused-ring (bicyclic) bond motifs is 2. The molecule has 0 aromatic heterocycles. The van der Waals surface area contributed by atoms with Crippen molar-refractivity contribution >= 4 is 69.4 Å². The maximum Gasteiger partial charge on any atom is 0.336 e. The van der Waals surface area contributed by atoms with Gasteiger partial charge in [0.25, 0.3) is 0 Å². The van der Waals surface area contributed by atoms with E-state index in [1.54, 1.807) is 24.3 Å². The Hall–Kier alpha value is -6.82. The molecule has 7 atom stereocenters. The van der Waals surface area contributed by atoms with Gasteiger partial charge in [-0.25, -0.2) is 4.79 Å². The Balaban J connectivity index is 0.904. The molecule has 2 aromatic rings. The number of aromatic hydroxyl groups is 1. The molecule has 22 heteroatoms. The van der Waals surface area contributed by atoms with Crippen LogP contribution in [0.25, 0.3) is 33.4 Å². The summed E-state index contributed by atoms with van der Waals surface area (Å²) in [6, 6.07) is 12.9. The predicted octanol–water partition coefficient (Wildman–Crippen LogP) is 0.834. The van der Waals surface area contributed by atoms with E-state index in [9.17, 15) is 59.1 Å². The lowest BCUT2D eigenvalue weighted by atomic mass is 9.89. The summed E-state index contributed by atoms with van der Waals surface area (Å²) >= 11 is 5.29. The number of anilines is 1. The smallest absolute Gasteiger partial charge is 0.336 e. The first-order valence-electron chi connectivity index (χ1n) is 21.1. The highest BCUT2D eigenvalue weighted by molar-refractivity contribution is 7.80. The maximum absolute atomic E-state index is 12.5. The number of amides is 3. The van der Waals surface area contributed by atoms with Gasteiger partial charge in [-0.15, -0.1) is 0 Å². The zero-order valence-electron chi connectivity index (χ0n) is 35.6. The van der Waals surface area contributed by atoms with Crippen LogP contribution in [0.2, 0.25) is 0 Å². The van der Waals surface area contributed by atoms with Crippen molar-refractivity contribution in [3.8, 4) is 28.2 Å². The molecule has 1 saturated carbocycles. The van der Waals surface area contributed by atoms with E-state index in [0.717, 1.165) is 0 Å². The number of Topliss-reactive ketones (excluding diaryl/α,β-unsaturated/α-hetero) is 1. The van der Waals surface area contributed by atoms with Crippen molar-refractivity contribution in [2.24, 2.45) is 11.8 Å². The fourth-order valence-electron chi connectivity index (χ4n) is 7.87. The minimum Gasteiger partial charge on any atom is -0.508 e. The van der Waals surface area contributed by atoms with Crippen molar-refractivity contribution in [3.05, 3.63) is 82.5 Å². The second-order valence-electron chi connectivity index (χ2n) is 15.9. The molecule has 1 saturated heterocycles. The number of ketones is 1. The summed E-state index contributed by atoms with van der Waals surface area (Å²) in [5.74, 6) is -4.77. The summed E-state index contributed by atoms with van der Waals surface area (Å²) in [6.07, 6.45) is -2.41. The molecule has 2 fully saturated rings. The number of carbonyl (C=O) groups is 6. The Kier molecular flexibility index (Phi) is 16.7. The number of aliphatic hydroxyl groups excluding tert-OH is 3. The summed E-state index contributed by atoms with van der Waals surface area (Å²) in [6.45, 7) is -1.75. The molecule has 0 radical (unpaired) electrons. The molecule has 0 bridgehead atoms. The molecule has 0 unspecified atom stereocenters. The first-order valence-corrected chi connectivity index (χ1v) is 21.5. The Bertz CT molecular complexity index is 2580. The van der Waals surface area contributed by atoms with Gasteiger partial charge in [0.1, 0.15) is 47.3 Å². The molecule has 11 N–H and O–H groups in total. The van der Waals surface area contributed by atoms with Crippen LogP contribution < -0.4 is 32.0 Å². The monoisotopic (exact) mass is 947 g/mol. The SMILES string of the molecule is O=C(O)C[C@@H]1CCC(=O)[C@H]1C/C=C\CCO[C@@H]1O[C@H](CNC(=O)CNC(=O)CNC(=O)CNC(=S)Nc2ccc(-c3c4ccc(=O)cc-4oc4cc(O)ccc34)c(C(=O)O)c2)[C@H](O)[C@H](O)[C@H]1O. The van der Waals surface area contributed by atoms with Gasteiger partial charge in [-0.3, -0.25) is 28.8 Å². The van der Waals surface area contributed by atoms with E-state index >= 15 is 0 Å². The van der Waals surface area contributed by atoms with Gasteiger partial charge in [0.05, 0.1) is 31.8 Å². The van der Waals surface area contributed by atoms with Crippen molar-refractivity contribution in [1.29, 1.82) is 0 Å². The Labute approximate surface area is 386 Å². The number of phenols is 1. The van der Waals surface area contributed by atoms with Crippen molar-refractivity contribution in [3.63, 3.8) is 0 Å². The van der Waals surface area contributed by atoms with Gasteiger partial charge in [-0.05, 0) is 79.4 Å². The molecule has 2 aliphatic carbocycles. The lowest BCUT2D eigenvalue weighted by Crippen LogP contribution is -2.60. The second kappa shape index (κ2) is 22.6. The molecule has 2 aliphatic heterocycles. The zero-order valence-corrected chi connectivity index (χ0v) is 36.5. The highest BCUT2D eigenvalue weighted by atomic mass is 32.1. The normalized spacial score (nSPS) is 21.5. The number of hydrogen-bond acceptors (Lipinski definition) is 15. The van der Waals surface area contributed by atoms with E-state index in [4.69, 9.17) is 31.2 Å². The number of thiocarbonyl (C=S) groups is 1. The summed E-state index contributed by atoms with van der Waals surface area (Å²) < 4.78 is 17.0. The summed E-state index contributed by atoms with van der Waals surface area (Å²) in [5.41, 5.74) is 1.20. The number of aromatic carboxylic acids is 1. The molecule has 0 spiro atoms. The summed E-state index contributed by atoms with van der Waals surface area (Å²) in [4.78, 5) is 85.3. The van der Waals surface area contributed by atoms with Crippen molar-refractivity contribution in [1.82, 2.24) is 21.3 Å². The molecule has 4 aliphatic rings. The number of benzene rings is 3. The molecule has 6 rings (SSSR count). The molecular weight excluding hydrogens is 899 g/mol. The van der Waals surface area contributed by atoms with E-state index in [2.05, 4.69) is 26.6 Å². The van der Waals surface area contributed by atoms with Crippen LogP contribution in [-0.4, -0.2) is 135 Å². The van der Waals surface area contributed by atoms with Crippen LogP contribution in [-0.2, 0) is 33.4 Å². The van der Waals surface area contributed by atoms with Gasteiger partial charge < -0.3 is 71.1 Å². The quantitative estimate of drug-likeness (QED) is 0.0268. The van der Waals surface area contributed by atoms with Crippen LogP contribution in [0.1, 0.15) is 42.5 Å². The van der Waals surface area contributed by atoms with Gasteiger partial charge >= 0.3 is 11.9 Å². The number of rotatable bonds is 19. The lowest BCUT2D eigenvalue weighted by Gasteiger charge is -2.40. The number of hydrogen-bond donors (Lipinski definition) is 11. The average molecular weight is 948 g/mol. The van der Waals surface area contributed by atoms with Crippen molar-refractivity contribution < 1.29 is 73.3 Å². The van der Waals surface area contributed by atoms with Gasteiger partial charge in [0.2, 0.25) is 17.7 Å². The van der Waals surface area contributed by atoms with Crippen LogP contribution in [0.15, 0.2) is 76.0 Å². The molecule has 3 amide bonds. The van der Waals surface area contributed by atoms with Crippen LogP contribution in [0, 0.1) is 11.8 Å². The third-order valence-corrected chi connectivity index (χ3v) is 11.5. The minimum atomic E-state index is -1.68. The van der Waals surface area contributed by atoms with Gasteiger partial charge in [-0.1, -0.05) is 18.2 Å². The number of carbonyl (C=O) groups excluding carboxylic acids is 4. The largest absolute Gasteiger partial charge is 0.508 e. The Morgan fingerprint density at radius 1 is 0.806 bits per heavy atom. The number of nitrogens with one attached hydrogen (secondary N) is 5. The van der Waals surface area contributed by atoms with E-state index < -0.39 is 80.0 Å². The topological polar surface area (TPSA) is 333 Å². The van der Waals surface area contributed by atoms with Crippen LogP contribution in [0.5, 0.6) is 5.75 Å². The molecule has 356 valence electrons. The van der Waals surface area contributed by atoms with E-state index in [-0.39, 0.29) is 81.6 Å². The van der Waals surface area contributed by atoms with Crippen molar-refractivity contribution in [2.45, 2.75) is 62.8 Å². The number of allylic oxidation sites excluding steroid dienone is 1. The third kappa shape index (κ3) is 13.0.